The fourth-order valence-electron chi connectivity index (χ4n) is 2.36. The molecular weight excluding hydrogens is 258 g/mol. The Morgan fingerprint density at radius 1 is 1.17 bits per heavy atom. The topological polar surface area (TPSA) is 75.3 Å². The van der Waals surface area contributed by atoms with E-state index in [1.807, 2.05) is 13.8 Å². The van der Waals surface area contributed by atoms with Crippen LogP contribution in [0.15, 0.2) is 0 Å². The van der Waals surface area contributed by atoms with Gasteiger partial charge < -0.3 is 1.43 Å². The molecule has 1 heterocycles. The van der Waals surface area contributed by atoms with E-state index >= 15 is 0 Å². The van der Waals surface area contributed by atoms with Crippen molar-refractivity contribution in [3.05, 3.63) is 0 Å². The third-order valence-corrected chi connectivity index (χ3v) is 3.39. The van der Waals surface area contributed by atoms with Gasteiger partial charge in [-0.25, -0.2) is 4.79 Å². The maximum atomic E-state index is 11.9. The number of carbonyl (C=O) groups excluding carboxylic acids is 3. The van der Waals surface area contributed by atoms with E-state index in [-0.39, 0.29) is 54.3 Å². The average Bonchev–Trinajstić information content (AvgIpc) is 2.18. The minimum Gasteiger partial charge on any atom is -1.00 e. The first-order valence-electron chi connectivity index (χ1n) is 5.65. The first-order chi connectivity index (χ1) is 7.48. The minimum atomic E-state index is -1.09. The molecule has 0 aromatic carbocycles. The van der Waals surface area contributed by atoms with Crippen LogP contribution in [0.2, 0.25) is 0 Å². The van der Waals surface area contributed by atoms with Crippen LogP contribution >= 0.6 is 0 Å². The summed E-state index contributed by atoms with van der Waals surface area (Å²) >= 11 is 0. The molecular formula is C11H19AlN2NaO3. The van der Waals surface area contributed by atoms with Crippen molar-refractivity contribution in [2.45, 2.75) is 40.0 Å². The molecule has 95 valence electrons. The number of urea groups is 1. The zero-order valence-corrected chi connectivity index (χ0v) is 14.7. The summed E-state index contributed by atoms with van der Waals surface area (Å²) in [6.07, 6.45) is 2.08. The molecule has 18 heavy (non-hydrogen) atoms. The monoisotopic (exact) mass is 277 g/mol. The van der Waals surface area contributed by atoms with E-state index in [0.29, 0.717) is 6.42 Å². The summed E-state index contributed by atoms with van der Waals surface area (Å²) in [5, 5.41) is 4.36. The molecule has 4 amide bonds. The van der Waals surface area contributed by atoms with E-state index in [1.165, 1.54) is 0 Å². The third-order valence-electron chi connectivity index (χ3n) is 3.39. The predicted molar refractivity (Wildman–Crippen MR) is 65.3 cm³/mol. The molecule has 0 aromatic rings. The molecule has 1 saturated heterocycles. The van der Waals surface area contributed by atoms with Crippen LogP contribution in [0, 0.1) is 11.3 Å². The van der Waals surface area contributed by atoms with Crippen molar-refractivity contribution < 1.29 is 45.4 Å². The van der Waals surface area contributed by atoms with Crippen LogP contribution in [0.25, 0.3) is 0 Å². The van der Waals surface area contributed by atoms with Crippen molar-refractivity contribution in [1.82, 2.24) is 10.6 Å². The summed E-state index contributed by atoms with van der Waals surface area (Å²) in [7, 11) is 0. The van der Waals surface area contributed by atoms with Gasteiger partial charge in [0.1, 0.15) is 5.41 Å². The van der Waals surface area contributed by atoms with Crippen molar-refractivity contribution in [2.75, 3.05) is 0 Å². The number of carbonyl (C=O) groups is 3. The third kappa shape index (κ3) is 3.58. The Morgan fingerprint density at radius 2 is 1.61 bits per heavy atom. The van der Waals surface area contributed by atoms with Gasteiger partial charge in [0, 0.05) is 17.4 Å². The molecule has 7 heteroatoms. The second-order valence-electron chi connectivity index (χ2n) is 4.25. The van der Waals surface area contributed by atoms with Crippen molar-refractivity contribution >= 4 is 35.2 Å². The molecule has 0 bridgehead atoms. The van der Waals surface area contributed by atoms with Gasteiger partial charge in [-0.05, 0) is 18.8 Å². The summed E-state index contributed by atoms with van der Waals surface area (Å²) in [6.45, 7) is 5.67. The zero-order valence-electron chi connectivity index (χ0n) is 12.5. The van der Waals surface area contributed by atoms with E-state index < -0.39 is 23.3 Å². The molecule has 5 nitrogen and oxygen atoms in total. The molecule has 1 aliphatic heterocycles. The van der Waals surface area contributed by atoms with Crippen LogP contribution in [0.5, 0.6) is 0 Å². The Kier molecular flexibility index (Phi) is 9.48. The molecule has 2 N–H and O–H groups in total. The number of amides is 4. The van der Waals surface area contributed by atoms with Crippen LogP contribution in [0.3, 0.4) is 0 Å². The molecule has 1 fully saturated rings. The second kappa shape index (κ2) is 8.34. The number of imide groups is 2. The van der Waals surface area contributed by atoms with E-state index in [1.54, 1.807) is 6.92 Å². The maximum absolute atomic E-state index is 11.9. The van der Waals surface area contributed by atoms with Crippen LogP contribution in [-0.4, -0.2) is 35.2 Å². The first kappa shape index (κ1) is 20.5. The van der Waals surface area contributed by atoms with Gasteiger partial charge in [0.05, 0.1) is 0 Å². The Balaban J connectivity index is -0.000000853. The number of hydrogen-bond donors (Lipinski definition) is 2. The van der Waals surface area contributed by atoms with Crippen LogP contribution in [0.1, 0.15) is 41.5 Å². The Morgan fingerprint density at radius 3 is 1.94 bits per heavy atom. The summed E-state index contributed by atoms with van der Waals surface area (Å²) < 4.78 is 0. The SMILES string of the molecule is CCCC(C)C1(CC)C(=O)NC(=O)NC1=O.[Al].[H-].[Na+]. The van der Waals surface area contributed by atoms with Gasteiger partial charge in [0.2, 0.25) is 11.8 Å². The molecule has 1 atom stereocenters. The summed E-state index contributed by atoms with van der Waals surface area (Å²) in [5.41, 5.74) is -1.09. The van der Waals surface area contributed by atoms with Crippen molar-refractivity contribution in [1.29, 1.82) is 0 Å². The molecule has 0 aromatic heterocycles. The van der Waals surface area contributed by atoms with Gasteiger partial charge >= 0.3 is 35.6 Å². The van der Waals surface area contributed by atoms with Crippen molar-refractivity contribution in [2.24, 2.45) is 11.3 Å². The average molecular weight is 277 g/mol. The van der Waals surface area contributed by atoms with E-state index in [4.69, 9.17) is 0 Å². The van der Waals surface area contributed by atoms with Gasteiger partial charge in [-0.1, -0.05) is 27.2 Å². The van der Waals surface area contributed by atoms with E-state index in [0.717, 1.165) is 12.8 Å². The van der Waals surface area contributed by atoms with Gasteiger partial charge in [-0.2, -0.15) is 0 Å². The molecule has 1 rings (SSSR count). The molecule has 1 aliphatic rings. The van der Waals surface area contributed by atoms with Gasteiger partial charge in [-0.3, -0.25) is 20.2 Å². The largest absolute Gasteiger partial charge is 1.00 e. The Labute approximate surface area is 142 Å². The van der Waals surface area contributed by atoms with E-state index in [2.05, 4.69) is 10.6 Å². The van der Waals surface area contributed by atoms with Gasteiger partial charge in [0.15, 0.2) is 0 Å². The minimum absolute atomic E-state index is 0. The summed E-state index contributed by atoms with van der Waals surface area (Å²) in [6, 6.07) is -0.720. The predicted octanol–water partition coefficient (Wildman–Crippen LogP) is -2.08. The normalized spacial score (nSPS) is 18.9. The Bertz CT molecular complexity index is 322. The number of rotatable bonds is 4. The standard InChI is InChI=1S/C11H18N2O3.Al.Na.H/c1-4-6-7(3)11(5-2)8(14)12-10(16)13-9(11)15;;;/h7H,4-6H2,1-3H3,(H2,12,13,14,15,16);;;/q;;+1;-1. The van der Waals surface area contributed by atoms with Gasteiger partial charge in [0.25, 0.3) is 0 Å². The molecule has 0 saturated carbocycles. The first-order valence-corrected chi connectivity index (χ1v) is 5.65. The molecule has 0 spiro atoms. The summed E-state index contributed by atoms with van der Waals surface area (Å²) in [5.74, 6) is -1.01. The number of nitrogens with one attached hydrogen (secondary N) is 2. The fraction of sp³-hybridized carbons (Fsp3) is 0.727. The number of barbiturate groups is 1. The number of hydrogen-bond acceptors (Lipinski definition) is 3. The van der Waals surface area contributed by atoms with E-state index in [9.17, 15) is 14.4 Å². The summed E-state index contributed by atoms with van der Waals surface area (Å²) in [4.78, 5) is 34.8. The quantitative estimate of drug-likeness (QED) is 0.457. The second-order valence-corrected chi connectivity index (χ2v) is 4.25. The molecule has 0 aliphatic carbocycles. The van der Waals surface area contributed by atoms with Crippen molar-refractivity contribution in [3.63, 3.8) is 0 Å². The van der Waals surface area contributed by atoms with Crippen LogP contribution in [-0.2, 0) is 9.59 Å². The zero-order chi connectivity index (χ0) is 12.3. The molecule has 1 unspecified atom stereocenters. The fourth-order valence-corrected chi connectivity index (χ4v) is 2.36. The smallest absolute Gasteiger partial charge is 1.00 e. The maximum Gasteiger partial charge on any atom is 1.00 e. The van der Waals surface area contributed by atoms with Gasteiger partial charge in [-0.15, -0.1) is 0 Å². The van der Waals surface area contributed by atoms with Crippen LogP contribution < -0.4 is 40.2 Å². The molecule has 3 radical (unpaired) electrons. The Hall–Kier alpha value is 0.142. The van der Waals surface area contributed by atoms with Crippen LogP contribution in [0.4, 0.5) is 4.79 Å². The van der Waals surface area contributed by atoms with Crippen molar-refractivity contribution in [3.8, 4) is 0 Å².